The van der Waals surface area contributed by atoms with Gasteiger partial charge in [0.25, 0.3) is 0 Å². The van der Waals surface area contributed by atoms with Crippen LogP contribution >= 0.6 is 0 Å². The van der Waals surface area contributed by atoms with Crippen LogP contribution < -0.4 is 9.47 Å². The second-order valence-electron chi connectivity index (χ2n) is 5.80. The van der Waals surface area contributed by atoms with Crippen molar-refractivity contribution in [2.45, 2.75) is 27.2 Å². The largest absolute Gasteiger partial charge is 0.497 e. The van der Waals surface area contributed by atoms with Crippen molar-refractivity contribution < 1.29 is 14.6 Å². The number of aliphatic hydroxyl groups excluding tert-OH is 1. The third kappa shape index (κ3) is 5.41. The van der Waals surface area contributed by atoms with Crippen LogP contribution in [-0.2, 0) is 0 Å². The minimum atomic E-state index is 0.154. The molecule has 3 heteroatoms. The van der Waals surface area contributed by atoms with Crippen LogP contribution in [-0.4, -0.2) is 25.4 Å². The lowest BCUT2D eigenvalue weighted by Crippen LogP contribution is -2.22. The molecule has 0 heterocycles. The first-order valence-electron chi connectivity index (χ1n) is 6.32. The fourth-order valence-electron chi connectivity index (χ4n) is 1.95. The first-order chi connectivity index (χ1) is 8.44. The molecule has 0 aliphatic rings. The molecule has 1 N–H and O–H groups in total. The van der Waals surface area contributed by atoms with Crippen molar-refractivity contribution in [2.75, 3.05) is 20.3 Å². The molecule has 0 aromatic heterocycles. The summed E-state index contributed by atoms with van der Waals surface area (Å²) < 4.78 is 10.8. The Labute approximate surface area is 110 Å². The molecular weight excluding hydrogens is 228 g/mol. The predicted octanol–water partition coefficient (Wildman–Crippen LogP) is 3.12. The van der Waals surface area contributed by atoms with Gasteiger partial charge in [0, 0.05) is 18.6 Å². The minimum Gasteiger partial charge on any atom is -0.497 e. The Balaban J connectivity index is 2.51. The maximum absolute atomic E-state index is 9.36. The summed E-state index contributed by atoms with van der Waals surface area (Å²) in [6, 6.07) is 7.52. The lowest BCUT2D eigenvalue weighted by molar-refractivity contribution is 0.126. The highest BCUT2D eigenvalue weighted by atomic mass is 16.5. The van der Waals surface area contributed by atoms with E-state index in [1.54, 1.807) is 7.11 Å². The molecule has 0 saturated heterocycles. The second-order valence-corrected chi connectivity index (χ2v) is 5.80. The van der Waals surface area contributed by atoms with Crippen molar-refractivity contribution in [3.63, 3.8) is 0 Å². The van der Waals surface area contributed by atoms with Gasteiger partial charge in [-0.25, -0.2) is 0 Å². The van der Waals surface area contributed by atoms with E-state index in [2.05, 4.69) is 20.8 Å². The van der Waals surface area contributed by atoms with Crippen LogP contribution in [0.4, 0.5) is 0 Å². The highest BCUT2D eigenvalue weighted by molar-refractivity contribution is 5.32. The van der Waals surface area contributed by atoms with Gasteiger partial charge in [-0.05, 0) is 24.0 Å². The van der Waals surface area contributed by atoms with Crippen molar-refractivity contribution in [1.82, 2.24) is 0 Å². The van der Waals surface area contributed by atoms with E-state index in [1.807, 2.05) is 24.3 Å². The summed E-state index contributed by atoms with van der Waals surface area (Å²) >= 11 is 0. The molecule has 0 radical (unpaired) electrons. The highest BCUT2D eigenvalue weighted by Crippen LogP contribution is 2.25. The molecule has 0 aliphatic heterocycles. The van der Waals surface area contributed by atoms with Gasteiger partial charge in [-0.15, -0.1) is 0 Å². The number of hydrogen-bond acceptors (Lipinski definition) is 3. The van der Waals surface area contributed by atoms with Gasteiger partial charge < -0.3 is 14.6 Å². The third-order valence-electron chi connectivity index (χ3n) is 2.69. The fraction of sp³-hybridized carbons (Fsp3) is 0.600. The number of benzene rings is 1. The van der Waals surface area contributed by atoms with Crippen molar-refractivity contribution >= 4 is 0 Å². The van der Waals surface area contributed by atoms with Gasteiger partial charge >= 0.3 is 0 Å². The van der Waals surface area contributed by atoms with Gasteiger partial charge in [0.2, 0.25) is 0 Å². The summed E-state index contributed by atoms with van der Waals surface area (Å²) in [5.41, 5.74) is 0.200. The SMILES string of the molecule is COc1cccc(OCC(CO)CC(C)(C)C)c1. The Morgan fingerprint density at radius 2 is 1.89 bits per heavy atom. The van der Waals surface area contributed by atoms with E-state index < -0.39 is 0 Å². The van der Waals surface area contributed by atoms with E-state index in [0.717, 1.165) is 17.9 Å². The molecule has 0 fully saturated rings. The molecule has 0 amide bonds. The second kappa shape index (κ2) is 6.64. The Morgan fingerprint density at radius 3 is 2.44 bits per heavy atom. The lowest BCUT2D eigenvalue weighted by atomic mass is 9.85. The summed E-state index contributed by atoms with van der Waals surface area (Å²) in [7, 11) is 1.63. The fourth-order valence-corrected chi connectivity index (χ4v) is 1.95. The van der Waals surface area contributed by atoms with Crippen molar-refractivity contribution in [3.8, 4) is 11.5 Å². The molecule has 1 aromatic carbocycles. The Morgan fingerprint density at radius 1 is 1.22 bits per heavy atom. The smallest absolute Gasteiger partial charge is 0.122 e. The van der Waals surface area contributed by atoms with E-state index >= 15 is 0 Å². The van der Waals surface area contributed by atoms with Gasteiger partial charge in [-0.3, -0.25) is 0 Å². The zero-order valence-electron chi connectivity index (χ0n) is 11.8. The Kier molecular flexibility index (Phi) is 5.48. The zero-order valence-corrected chi connectivity index (χ0v) is 11.8. The van der Waals surface area contributed by atoms with Crippen LogP contribution in [0.2, 0.25) is 0 Å². The van der Waals surface area contributed by atoms with Gasteiger partial charge in [0.15, 0.2) is 0 Å². The molecule has 3 nitrogen and oxygen atoms in total. The van der Waals surface area contributed by atoms with Crippen LogP contribution in [0.3, 0.4) is 0 Å². The van der Waals surface area contributed by atoms with E-state index in [0.29, 0.717) is 6.61 Å². The van der Waals surface area contributed by atoms with E-state index in [9.17, 15) is 5.11 Å². The number of rotatable bonds is 6. The summed E-state index contributed by atoms with van der Waals surface area (Å²) in [6.07, 6.45) is 0.938. The Hall–Kier alpha value is -1.22. The summed E-state index contributed by atoms with van der Waals surface area (Å²) in [5.74, 6) is 1.72. The maximum atomic E-state index is 9.36. The van der Waals surface area contributed by atoms with E-state index in [4.69, 9.17) is 9.47 Å². The topological polar surface area (TPSA) is 38.7 Å². The quantitative estimate of drug-likeness (QED) is 0.845. The van der Waals surface area contributed by atoms with E-state index in [-0.39, 0.29) is 17.9 Å². The molecule has 1 rings (SSSR count). The molecular formula is C15H24O3. The van der Waals surface area contributed by atoms with Gasteiger partial charge in [0.1, 0.15) is 11.5 Å². The number of methoxy groups -OCH3 is 1. The Bertz CT molecular complexity index is 355. The van der Waals surface area contributed by atoms with Crippen LogP contribution in [0.25, 0.3) is 0 Å². The van der Waals surface area contributed by atoms with Crippen LogP contribution in [0.1, 0.15) is 27.2 Å². The standard InChI is InChI=1S/C15H24O3/c1-15(2,3)9-12(10-16)11-18-14-7-5-6-13(8-14)17-4/h5-8,12,16H,9-11H2,1-4H3. The normalized spacial score (nSPS) is 13.2. The molecule has 0 bridgehead atoms. The average molecular weight is 252 g/mol. The summed E-state index contributed by atoms with van der Waals surface area (Å²) in [5, 5.41) is 9.36. The molecule has 1 aromatic rings. The molecule has 102 valence electrons. The first kappa shape index (κ1) is 14.8. The van der Waals surface area contributed by atoms with Crippen molar-refractivity contribution in [2.24, 2.45) is 11.3 Å². The molecule has 1 unspecified atom stereocenters. The molecule has 1 atom stereocenters. The summed E-state index contributed by atoms with van der Waals surface area (Å²) in [4.78, 5) is 0. The number of hydrogen-bond donors (Lipinski definition) is 1. The van der Waals surface area contributed by atoms with Gasteiger partial charge in [-0.2, -0.15) is 0 Å². The van der Waals surface area contributed by atoms with Crippen LogP contribution in [0, 0.1) is 11.3 Å². The lowest BCUT2D eigenvalue weighted by Gasteiger charge is -2.24. The van der Waals surface area contributed by atoms with Crippen LogP contribution in [0.5, 0.6) is 11.5 Å². The number of aliphatic hydroxyl groups is 1. The molecule has 0 aliphatic carbocycles. The predicted molar refractivity (Wildman–Crippen MR) is 73.1 cm³/mol. The monoisotopic (exact) mass is 252 g/mol. The van der Waals surface area contributed by atoms with Gasteiger partial charge in [0.05, 0.1) is 13.7 Å². The highest BCUT2D eigenvalue weighted by Gasteiger charge is 2.18. The molecule has 0 spiro atoms. The maximum Gasteiger partial charge on any atom is 0.122 e. The number of ether oxygens (including phenoxy) is 2. The molecule has 18 heavy (non-hydrogen) atoms. The minimum absolute atomic E-state index is 0.154. The van der Waals surface area contributed by atoms with Gasteiger partial charge in [-0.1, -0.05) is 26.8 Å². The first-order valence-corrected chi connectivity index (χ1v) is 6.32. The van der Waals surface area contributed by atoms with Crippen molar-refractivity contribution in [1.29, 1.82) is 0 Å². The van der Waals surface area contributed by atoms with E-state index in [1.165, 1.54) is 0 Å². The summed E-state index contributed by atoms with van der Waals surface area (Å²) in [6.45, 7) is 7.19. The molecule has 0 saturated carbocycles. The third-order valence-corrected chi connectivity index (χ3v) is 2.69. The van der Waals surface area contributed by atoms with Crippen molar-refractivity contribution in [3.05, 3.63) is 24.3 Å². The average Bonchev–Trinajstić information content (AvgIpc) is 2.33. The van der Waals surface area contributed by atoms with Crippen LogP contribution in [0.15, 0.2) is 24.3 Å². The zero-order chi connectivity index (χ0) is 13.6.